The molecule has 0 radical (unpaired) electrons. The van der Waals surface area contributed by atoms with Crippen LogP contribution in [0, 0.1) is 0 Å². The van der Waals surface area contributed by atoms with Crippen LogP contribution in [-0.4, -0.2) is 34.6 Å². The maximum atomic E-state index is 11.9. The van der Waals surface area contributed by atoms with Crippen molar-refractivity contribution in [1.29, 1.82) is 0 Å². The summed E-state index contributed by atoms with van der Waals surface area (Å²) in [6.45, 7) is 3.21. The van der Waals surface area contributed by atoms with Crippen LogP contribution in [0.3, 0.4) is 0 Å². The lowest BCUT2D eigenvalue weighted by Gasteiger charge is -2.25. The molecule has 0 saturated heterocycles. The SMILES string of the molecule is CN(Cc1cccc(Cl)c1)C(=O)NC(C)(C)C(=O)O. The van der Waals surface area contributed by atoms with Crippen molar-refractivity contribution in [2.24, 2.45) is 0 Å². The molecule has 0 saturated carbocycles. The second-order valence-corrected chi connectivity index (χ2v) is 5.28. The van der Waals surface area contributed by atoms with Crippen LogP contribution in [0.5, 0.6) is 0 Å². The molecule has 1 aromatic rings. The molecule has 0 aliphatic carbocycles. The fourth-order valence-electron chi connectivity index (χ4n) is 1.40. The molecule has 5 nitrogen and oxygen atoms in total. The summed E-state index contributed by atoms with van der Waals surface area (Å²) in [5.74, 6) is -1.09. The highest BCUT2D eigenvalue weighted by Gasteiger charge is 2.30. The zero-order chi connectivity index (χ0) is 14.6. The highest BCUT2D eigenvalue weighted by atomic mass is 35.5. The lowest BCUT2D eigenvalue weighted by atomic mass is 10.1. The van der Waals surface area contributed by atoms with E-state index in [1.165, 1.54) is 18.7 Å². The Hall–Kier alpha value is -1.75. The Morgan fingerprint density at radius 1 is 1.42 bits per heavy atom. The summed E-state index contributed by atoms with van der Waals surface area (Å²) in [5.41, 5.74) is -0.432. The van der Waals surface area contributed by atoms with Gasteiger partial charge in [0, 0.05) is 18.6 Å². The second kappa shape index (κ2) is 5.93. The number of aliphatic carboxylic acids is 1. The smallest absolute Gasteiger partial charge is 0.328 e. The minimum absolute atomic E-state index is 0.349. The van der Waals surface area contributed by atoms with E-state index in [0.29, 0.717) is 11.6 Å². The van der Waals surface area contributed by atoms with E-state index in [0.717, 1.165) is 5.56 Å². The molecule has 2 N–H and O–H groups in total. The average Bonchev–Trinajstić information content (AvgIpc) is 2.28. The van der Waals surface area contributed by atoms with Crippen molar-refractivity contribution in [2.75, 3.05) is 7.05 Å². The van der Waals surface area contributed by atoms with Crippen LogP contribution in [-0.2, 0) is 11.3 Å². The van der Waals surface area contributed by atoms with Gasteiger partial charge < -0.3 is 15.3 Å². The molecule has 0 bridgehead atoms. The number of hydrogen-bond donors (Lipinski definition) is 2. The number of nitrogens with one attached hydrogen (secondary N) is 1. The topological polar surface area (TPSA) is 69.6 Å². The number of rotatable bonds is 4. The highest BCUT2D eigenvalue weighted by molar-refractivity contribution is 6.30. The molecule has 0 aliphatic heterocycles. The van der Waals surface area contributed by atoms with E-state index in [4.69, 9.17) is 16.7 Å². The van der Waals surface area contributed by atoms with Crippen molar-refractivity contribution < 1.29 is 14.7 Å². The van der Waals surface area contributed by atoms with Crippen molar-refractivity contribution in [3.8, 4) is 0 Å². The lowest BCUT2D eigenvalue weighted by Crippen LogP contribution is -2.53. The molecule has 0 atom stereocenters. The van der Waals surface area contributed by atoms with Crippen molar-refractivity contribution in [2.45, 2.75) is 25.9 Å². The predicted octanol–water partition coefficient (Wildman–Crippen LogP) is 2.34. The van der Waals surface area contributed by atoms with Crippen LogP contribution in [0.4, 0.5) is 4.79 Å². The molecule has 0 unspecified atom stereocenters. The maximum Gasteiger partial charge on any atom is 0.328 e. The molecule has 1 aromatic carbocycles. The summed E-state index contributed by atoms with van der Waals surface area (Å²) in [5, 5.41) is 12.0. The fraction of sp³-hybridized carbons (Fsp3) is 0.385. The van der Waals surface area contributed by atoms with E-state index in [9.17, 15) is 9.59 Å². The normalized spacial score (nSPS) is 10.9. The van der Waals surface area contributed by atoms with Crippen molar-refractivity contribution in [3.63, 3.8) is 0 Å². The van der Waals surface area contributed by atoms with Crippen molar-refractivity contribution in [3.05, 3.63) is 34.9 Å². The van der Waals surface area contributed by atoms with Gasteiger partial charge in [0.05, 0.1) is 0 Å². The Balaban J connectivity index is 2.66. The van der Waals surface area contributed by atoms with E-state index in [-0.39, 0.29) is 0 Å². The first-order chi connectivity index (χ1) is 8.72. The van der Waals surface area contributed by atoms with Gasteiger partial charge in [-0.2, -0.15) is 0 Å². The number of hydrogen-bond acceptors (Lipinski definition) is 2. The van der Waals surface area contributed by atoms with Gasteiger partial charge in [0.1, 0.15) is 5.54 Å². The zero-order valence-corrected chi connectivity index (χ0v) is 11.9. The maximum absolute atomic E-state index is 11.9. The number of carbonyl (C=O) groups excluding carboxylic acids is 1. The first kappa shape index (κ1) is 15.3. The monoisotopic (exact) mass is 284 g/mol. The summed E-state index contributed by atoms with van der Waals surface area (Å²) in [6.07, 6.45) is 0. The van der Waals surface area contributed by atoms with Crippen LogP contribution in [0.15, 0.2) is 24.3 Å². The second-order valence-electron chi connectivity index (χ2n) is 4.85. The standard InChI is InChI=1S/C13H17ClN2O3/c1-13(2,11(17)18)15-12(19)16(3)8-9-5-4-6-10(14)7-9/h4-7H,8H2,1-3H3,(H,15,19)(H,17,18). The number of nitrogens with zero attached hydrogens (tertiary/aromatic N) is 1. The Kier molecular flexibility index (Phi) is 4.78. The molecule has 2 amide bonds. The lowest BCUT2D eigenvalue weighted by molar-refractivity contribution is -0.143. The van der Waals surface area contributed by atoms with E-state index in [1.54, 1.807) is 25.2 Å². The molecular weight excluding hydrogens is 268 g/mol. The number of urea groups is 1. The van der Waals surface area contributed by atoms with E-state index in [1.807, 2.05) is 6.07 Å². The van der Waals surface area contributed by atoms with Gasteiger partial charge in [0.2, 0.25) is 0 Å². The van der Waals surface area contributed by atoms with Gasteiger partial charge >= 0.3 is 12.0 Å². The van der Waals surface area contributed by atoms with Gasteiger partial charge in [0.15, 0.2) is 0 Å². The van der Waals surface area contributed by atoms with Crippen LogP contribution in [0.1, 0.15) is 19.4 Å². The van der Waals surface area contributed by atoms with Crippen LogP contribution in [0.2, 0.25) is 5.02 Å². The number of carboxylic acids is 1. The first-order valence-corrected chi connectivity index (χ1v) is 6.11. The fourth-order valence-corrected chi connectivity index (χ4v) is 1.61. The number of carbonyl (C=O) groups is 2. The van der Waals surface area contributed by atoms with Gasteiger partial charge in [-0.25, -0.2) is 9.59 Å². The van der Waals surface area contributed by atoms with E-state index < -0.39 is 17.5 Å². The van der Waals surface area contributed by atoms with Crippen LogP contribution < -0.4 is 5.32 Å². The van der Waals surface area contributed by atoms with Gasteiger partial charge in [-0.15, -0.1) is 0 Å². The minimum atomic E-state index is -1.31. The third-order valence-corrected chi connectivity index (χ3v) is 2.84. The summed E-state index contributed by atoms with van der Waals surface area (Å²) >= 11 is 5.86. The molecule has 0 fully saturated rings. The first-order valence-electron chi connectivity index (χ1n) is 5.73. The van der Waals surface area contributed by atoms with Crippen molar-refractivity contribution in [1.82, 2.24) is 10.2 Å². The largest absolute Gasteiger partial charge is 0.480 e. The van der Waals surface area contributed by atoms with Crippen molar-refractivity contribution >= 4 is 23.6 Å². The van der Waals surface area contributed by atoms with Gasteiger partial charge in [-0.3, -0.25) is 0 Å². The number of benzene rings is 1. The minimum Gasteiger partial charge on any atom is -0.480 e. The highest BCUT2D eigenvalue weighted by Crippen LogP contribution is 2.12. The third kappa shape index (κ3) is 4.44. The molecule has 6 heteroatoms. The molecule has 0 aromatic heterocycles. The molecule has 1 rings (SSSR count). The summed E-state index contributed by atoms with van der Waals surface area (Å²) in [4.78, 5) is 24.2. The van der Waals surface area contributed by atoms with E-state index in [2.05, 4.69) is 5.32 Å². The number of halogens is 1. The molecular formula is C13H17ClN2O3. The Morgan fingerprint density at radius 2 is 2.05 bits per heavy atom. The zero-order valence-electron chi connectivity index (χ0n) is 11.1. The Labute approximate surface area is 117 Å². The van der Waals surface area contributed by atoms with Crippen LogP contribution in [0.25, 0.3) is 0 Å². The molecule has 19 heavy (non-hydrogen) atoms. The van der Waals surface area contributed by atoms with E-state index >= 15 is 0 Å². The Morgan fingerprint density at radius 3 is 2.58 bits per heavy atom. The molecule has 0 spiro atoms. The summed E-state index contributed by atoms with van der Waals surface area (Å²) in [6, 6.07) is 6.70. The predicted molar refractivity (Wildman–Crippen MR) is 73.2 cm³/mol. The van der Waals surface area contributed by atoms with Gasteiger partial charge in [-0.1, -0.05) is 23.7 Å². The van der Waals surface area contributed by atoms with Gasteiger partial charge in [-0.05, 0) is 31.5 Å². The van der Waals surface area contributed by atoms with Crippen LogP contribution >= 0.6 is 11.6 Å². The average molecular weight is 285 g/mol. The summed E-state index contributed by atoms with van der Waals surface area (Å²) < 4.78 is 0. The molecule has 0 aliphatic rings. The Bertz CT molecular complexity index is 489. The molecule has 0 heterocycles. The number of amides is 2. The third-order valence-electron chi connectivity index (χ3n) is 2.61. The molecule has 104 valence electrons. The summed E-state index contributed by atoms with van der Waals surface area (Å²) in [7, 11) is 1.59. The number of carboxylic acid groups (broad SMARTS) is 1. The van der Waals surface area contributed by atoms with Gasteiger partial charge in [0.25, 0.3) is 0 Å². The quantitative estimate of drug-likeness (QED) is 0.892.